The average molecular weight is 301 g/mol. The molecule has 0 bridgehead atoms. The highest BCUT2D eigenvalue weighted by Gasteiger charge is 2.47. The highest BCUT2D eigenvalue weighted by Crippen LogP contribution is 2.58. The van der Waals surface area contributed by atoms with E-state index in [0.717, 1.165) is 0 Å². The van der Waals surface area contributed by atoms with Crippen molar-refractivity contribution in [3.8, 4) is 0 Å². The third-order valence-electron chi connectivity index (χ3n) is 6.25. The number of rotatable bonds is 1. The zero-order valence-electron chi connectivity index (χ0n) is 13.7. The van der Waals surface area contributed by atoms with Crippen LogP contribution in [-0.2, 0) is 5.41 Å². The first kappa shape index (κ1) is 13.4. The van der Waals surface area contributed by atoms with E-state index in [-0.39, 0.29) is 0 Å². The van der Waals surface area contributed by atoms with Gasteiger partial charge in [0.1, 0.15) is 0 Å². The maximum Gasteiger partial charge on any atom is 0.0459 e. The fraction of sp³-hybridized carbons (Fsp3) is 0.364. The molecule has 1 heteroatoms. The molecule has 23 heavy (non-hydrogen) atoms. The first-order valence-electron chi connectivity index (χ1n) is 8.94. The minimum Gasteiger partial charge on any atom is -0.358 e. The molecule has 2 aliphatic rings. The Kier molecular flexibility index (Phi) is 2.76. The van der Waals surface area contributed by atoms with E-state index < -0.39 is 0 Å². The van der Waals surface area contributed by atoms with Crippen LogP contribution in [0, 0.1) is 6.92 Å². The van der Waals surface area contributed by atoms with Crippen LogP contribution in [0.2, 0.25) is 0 Å². The second-order valence-electron chi connectivity index (χ2n) is 7.61. The monoisotopic (exact) mass is 301 g/mol. The van der Waals surface area contributed by atoms with Gasteiger partial charge in [-0.25, -0.2) is 0 Å². The van der Waals surface area contributed by atoms with E-state index in [0.29, 0.717) is 11.3 Å². The lowest BCUT2D eigenvalue weighted by atomic mass is 9.78. The summed E-state index contributed by atoms with van der Waals surface area (Å²) in [5, 5.41) is 1.47. The van der Waals surface area contributed by atoms with Gasteiger partial charge in [-0.2, -0.15) is 0 Å². The van der Waals surface area contributed by atoms with E-state index >= 15 is 0 Å². The van der Waals surface area contributed by atoms with Gasteiger partial charge in [0.25, 0.3) is 0 Å². The average Bonchev–Trinajstić information content (AvgIpc) is 3.25. The second-order valence-corrected chi connectivity index (χ2v) is 7.61. The minimum absolute atomic E-state index is 0.421. The van der Waals surface area contributed by atoms with E-state index in [2.05, 4.69) is 60.4 Å². The SMILES string of the molecule is Cc1ccc(C2CC3(CCCC3)c3c2[nH]c2ccccc32)cc1. The van der Waals surface area contributed by atoms with Crippen LogP contribution < -0.4 is 0 Å². The molecule has 0 aliphatic heterocycles. The van der Waals surface area contributed by atoms with Crippen LogP contribution in [-0.4, -0.2) is 4.98 Å². The van der Waals surface area contributed by atoms with Crippen LogP contribution in [0.5, 0.6) is 0 Å². The van der Waals surface area contributed by atoms with Crippen molar-refractivity contribution >= 4 is 10.9 Å². The van der Waals surface area contributed by atoms with Crippen LogP contribution >= 0.6 is 0 Å². The number of para-hydroxylation sites is 1. The summed E-state index contributed by atoms with van der Waals surface area (Å²) in [6.07, 6.45) is 6.80. The molecule has 1 unspecified atom stereocenters. The second kappa shape index (κ2) is 4.74. The normalized spacial score (nSPS) is 22.0. The van der Waals surface area contributed by atoms with E-state index in [4.69, 9.17) is 0 Å². The quantitative estimate of drug-likeness (QED) is 0.582. The van der Waals surface area contributed by atoms with Crippen molar-refractivity contribution in [2.75, 3.05) is 0 Å². The Morgan fingerprint density at radius 2 is 1.70 bits per heavy atom. The first-order chi connectivity index (χ1) is 11.3. The van der Waals surface area contributed by atoms with Crippen molar-refractivity contribution in [1.29, 1.82) is 0 Å². The van der Waals surface area contributed by atoms with Gasteiger partial charge in [0.2, 0.25) is 0 Å². The molecular formula is C22H23N. The lowest BCUT2D eigenvalue weighted by molar-refractivity contribution is 0.425. The molecule has 0 saturated heterocycles. The summed E-state index contributed by atoms with van der Waals surface area (Å²) in [7, 11) is 0. The molecule has 1 spiro atoms. The summed E-state index contributed by atoms with van der Waals surface area (Å²) in [5.74, 6) is 0.538. The summed E-state index contributed by atoms with van der Waals surface area (Å²) in [5.41, 5.74) is 7.71. The highest BCUT2D eigenvalue weighted by atomic mass is 14.8. The Morgan fingerprint density at radius 3 is 2.48 bits per heavy atom. The minimum atomic E-state index is 0.421. The molecule has 0 radical (unpaired) electrons. The zero-order chi connectivity index (χ0) is 15.4. The predicted octanol–water partition coefficient (Wildman–Crippen LogP) is 5.82. The largest absolute Gasteiger partial charge is 0.358 e. The Hall–Kier alpha value is -2.02. The highest BCUT2D eigenvalue weighted by molar-refractivity contribution is 5.87. The van der Waals surface area contributed by atoms with Gasteiger partial charge in [0.15, 0.2) is 0 Å². The summed E-state index contributed by atoms with van der Waals surface area (Å²) in [6, 6.07) is 18.1. The Morgan fingerprint density at radius 1 is 0.957 bits per heavy atom. The number of aryl methyl sites for hydroxylation is 1. The summed E-state index contributed by atoms with van der Waals surface area (Å²) in [4.78, 5) is 3.79. The molecule has 1 fully saturated rings. The van der Waals surface area contributed by atoms with Gasteiger partial charge in [-0.05, 0) is 48.8 Å². The number of benzene rings is 2. The molecular weight excluding hydrogens is 278 g/mol. The van der Waals surface area contributed by atoms with E-state index in [9.17, 15) is 0 Å². The van der Waals surface area contributed by atoms with Crippen LogP contribution in [0.25, 0.3) is 10.9 Å². The molecule has 1 N–H and O–H groups in total. The van der Waals surface area contributed by atoms with Crippen molar-refractivity contribution in [2.45, 2.75) is 50.4 Å². The number of aromatic nitrogens is 1. The van der Waals surface area contributed by atoms with Crippen LogP contribution in [0.15, 0.2) is 48.5 Å². The molecule has 5 rings (SSSR count). The van der Waals surface area contributed by atoms with Crippen molar-refractivity contribution in [1.82, 2.24) is 4.98 Å². The first-order valence-corrected chi connectivity index (χ1v) is 8.94. The van der Waals surface area contributed by atoms with Gasteiger partial charge in [-0.3, -0.25) is 0 Å². The Labute approximate surface area is 137 Å². The molecule has 3 aromatic rings. The summed E-state index contributed by atoms with van der Waals surface area (Å²) >= 11 is 0. The molecule has 1 atom stereocenters. The van der Waals surface area contributed by atoms with E-state index in [1.807, 2.05) is 0 Å². The number of hydrogen-bond acceptors (Lipinski definition) is 0. The number of nitrogens with one attached hydrogen (secondary N) is 1. The van der Waals surface area contributed by atoms with Crippen molar-refractivity contribution in [3.63, 3.8) is 0 Å². The third-order valence-corrected chi connectivity index (χ3v) is 6.25. The van der Waals surface area contributed by atoms with Gasteiger partial charge < -0.3 is 4.98 Å². The fourth-order valence-corrected chi connectivity index (χ4v) is 5.18. The molecule has 2 aromatic carbocycles. The van der Waals surface area contributed by atoms with E-state index in [1.54, 1.807) is 5.56 Å². The number of hydrogen-bond donors (Lipinski definition) is 1. The van der Waals surface area contributed by atoms with Gasteiger partial charge >= 0.3 is 0 Å². The molecule has 2 aliphatic carbocycles. The number of H-pyrrole nitrogens is 1. The lowest BCUT2D eigenvalue weighted by Crippen LogP contribution is -2.18. The topological polar surface area (TPSA) is 15.8 Å². The van der Waals surface area contributed by atoms with Crippen LogP contribution in [0.1, 0.15) is 60.4 Å². The number of fused-ring (bicyclic) bond motifs is 4. The van der Waals surface area contributed by atoms with Gasteiger partial charge in [-0.1, -0.05) is 60.9 Å². The standard InChI is InChI=1S/C22H23N/c1-15-8-10-16(11-9-15)18-14-22(12-4-5-13-22)20-17-6-2-3-7-19(17)23-21(18)20/h2-3,6-11,18,23H,4-5,12-14H2,1H3. The zero-order valence-corrected chi connectivity index (χ0v) is 13.7. The van der Waals surface area contributed by atoms with Crippen LogP contribution in [0.4, 0.5) is 0 Å². The van der Waals surface area contributed by atoms with Gasteiger partial charge in [0.05, 0.1) is 0 Å². The lowest BCUT2D eigenvalue weighted by Gasteiger charge is -2.25. The maximum absolute atomic E-state index is 3.79. The third kappa shape index (κ3) is 1.86. The maximum atomic E-state index is 3.79. The van der Waals surface area contributed by atoms with Gasteiger partial charge in [-0.15, -0.1) is 0 Å². The molecule has 0 amide bonds. The molecule has 1 aromatic heterocycles. The van der Waals surface area contributed by atoms with Gasteiger partial charge in [0, 0.05) is 22.5 Å². The Bertz CT molecular complexity index is 863. The molecule has 1 saturated carbocycles. The summed E-state index contributed by atoms with van der Waals surface area (Å²) in [6.45, 7) is 2.17. The van der Waals surface area contributed by atoms with Crippen molar-refractivity contribution < 1.29 is 0 Å². The molecule has 1 heterocycles. The smallest absolute Gasteiger partial charge is 0.0459 e. The van der Waals surface area contributed by atoms with Crippen molar-refractivity contribution in [2.24, 2.45) is 0 Å². The number of aromatic amines is 1. The fourth-order valence-electron chi connectivity index (χ4n) is 5.18. The summed E-state index contributed by atoms with van der Waals surface area (Å²) < 4.78 is 0. The van der Waals surface area contributed by atoms with E-state index in [1.165, 1.54) is 59.8 Å². The molecule has 1 nitrogen and oxygen atoms in total. The molecule has 116 valence electrons. The van der Waals surface area contributed by atoms with Crippen molar-refractivity contribution in [3.05, 3.63) is 70.9 Å². The van der Waals surface area contributed by atoms with Crippen LogP contribution in [0.3, 0.4) is 0 Å². The predicted molar refractivity (Wildman–Crippen MR) is 96.1 cm³/mol. The Balaban J connectivity index is 1.74.